The van der Waals surface area contributed by atoms with Crippen LogP contribution >= 0.6 is 0 Å². The standard InChI is InChI=1S/C15H15N3O3S/c1-3-22(20,21)15-16-12(11-7-5-4-6-8-11)13-14(19)17(2)9-10-18(13)15/h4-10H,3H2,1-2H3. The van der Waals surface area contributed by atoms with Crippen molar-refractivity contribution in [3.05, 3.63) is 53.1 Å². The van der Waals surface area contributed by atoms with Crippen molar-refractivity contribution in [2.75, 3.05) is 5.75 Å². The van der Waals surface area contributed by atoms with Crippen molar-refractivity contribution in [2.24, 2.45) is 7.05 Å². The van der Waals surface area contributed by atoms with E-state index in [-0.39, 0.29) is 22.0 Å². The summed E-state index contributed by atoms with van der Waals surface area (Å²) in [6, 6.07) is 9.10. The Kier molecular flexibility index (Phi) is 3.37. The van der Waals surface area contributed by atoms with E-state index in [4.69, 9.17) is 0 Å². The third kappa shape index (κ3) is 2.14. The zero-order chi connectivity index (χ0) is 15.9. The lowest BCUT2D eigenvalue weighted by molar-refractivity contribution is 0.587. The molecule has 0 bridgehead atoms. The van der Waals surface area contributed by atoms with Crippen molar-refractivity contribution < 1.29 is 8.42 Å². The van der Waals surface area contributed by atoms with E-state index < -0.39 is 9.84 Å². The van der Waals surface area contributed by atoms with Crippen LogP contribution in [0.2, 0.25) is 0 Å². The Morgan fingerprint density at radius 1 is 1.14 bits per heavy atom. The molecule has 1 aromatic carbocycles. The number of imidazole rings is 1. The van der Waals surface area contributed by atoms with Gasteiger partial charge in [-0.05, 0) is 0 Å². The van der Waals surface area contributed by atoms with Crippen LogP contribution in [-0.4, -0.2) is 28.1 Å². The van der Waals surface area contributed by atoms with Crippen LogP contribution in [0.3, 0.4) is 0 Å². The van der Waals surface area contributed by atoms with Gasteiger partial charge in [-0.15, -0.1) is 0 Å². The Hall–Kier alpha value is -2.41. The number of aromatic nitrogens is 3. The Bertz CT molecular complexity index is 1000. The quantitative estimate of drug-likeness (QED) is 0.733. The Labute approximate surface area is 127 Å². The van der Waals surface area contributed by atoms with E-state index in [0.717, 1.165) is 0 Å². The largest absolute Gasteiger partial charge is 0.315 e. The summed E-state index contributed by atoms with van der Waals surface area (Å²) in [4.78, 5) is 16.7. The first-order chi connectivity index (χ1) is 10.5. The van der Waals surface area contributed by atoms with E-state index in [1.165, 1.54) is 15.2 Å². The van der Waals surface area contributed by atoms with E-state index >= 15 is 0 Å². The minimum absolute atomic E-state index is 0.0739. The van der Waals surface area contributed by atoms with Crippen LogP contribution in [0.1, 0.15) is 6.92 Å². The van der Waals surface area contributed by atoms with Gasteiger partial charge in [0.05, 0.1) is 5.75 Å². The molecule has 0 aliphatic heterocycles. The van der Waals surface area contributed by atoms with Gasteiger partial charge in [-0.1, -0.05) is 37.3 Å². The fourth-order valence-electron chi connectivity index (χ4n) is 2.30. The molecule has 0 spiro atoms. The van der Waals surface area contributed by atoms with Gasteiger partial charge >= 0.3 is 0 Å². The molecule has 2 heterocycles. The van der Waals surface area contributed by atoms with Crippen LogP contribution in [0.5, 0.6) is 0 Å². The maximum Gasteiger partial charge on any atom is 0.276 e. The van der Waals surface area contributed by atoms with Crippen LogP contribution < -0.4 is 5.56 Å². The lowest BCUT2D eigenvalue weighted by atomic mass is 10.1. The smallest absolute Gasteiger partial charge is 0.276 e. The molecule has 0 unspecified atom stereocenters. The SMILES string of the molecule is CCS(=O)(=O)c1nc(-c2ccccc2)c2c(=O)n(C)ccn12. The number of sulfone groups is 1. The highest BCUT2D eigenvalue weighted by atomic mass is 32.2. The first-order valence-corrected chi connectivity index (χ1v) is 8.47. The highest BCUT2D eigenvalue weighted by Gasteiger charge is 2.24. The monoisotopic (exact) mass is 317 g/mol. The van der Waals surface area contributed by atoms with E-state index in [1.807, 2.05) is 18.2 Å². The van der Waals surface area contributed by atoms with E-state index in [1.54, 1.807) is 32.3 Å². The van der Waals surface area contributed by atoms with Gasteiger partial charge in [0.2, 0.25) is 15.0 Å². The molecular weight excluding hydrogens is 302 g/mol. The first-order valence-electron chi connectivity index (χ1n) is 6.81. The summed E-state index contributed by atoms with van der Waals surface area (Å²) in [5.41, 5.74) is 1.07. The predicted octanol–water partition coefficient (Wildman–Crippen LogP) is 1.49. The molecule has 3 rings (SSSR count). The van der Waals surface area contributed by atoms with Crippen molar-refractivity contribution in [3.8, 4) is 11.3 Å². The number of benzene rings is 1. The zero-order valence-corrected chi connectivity index (χ0v) is 13.0. The van der Waals surface area contributed by atoms with Gasteiger partial charge in [-0.2, -0.15) is 0 Å². The third-order valence-corrected chi connectivity index (χ3v) is 5.15. The van der Waals surface area contributed by atoms with Gasteiger partial charge in [-0.25, -0.2) is 13.4 Å². The van der Waals surface area contributed by atoms with Gasteiger partial charge in [0.25, 0.3) is 5.56 Å². The molecule has 0 fully saturated rings. The molecule has 114 valence electrons. The molecule has 22 heavy (non-hydrogen) atoms. The molecular formula is C15H15N3O3S. The number of hydrogen-bond donors (Lipinski definition) is 0. The Morgan fingerprint density at radius 2 is 1.82 bits per heavy atom. The van der Waals surface area contributed by atoms with Crippen LogP contribution in [0, 0.1) is 0 Å². The molecule has 0 atom stereocenters. The van der Waals surface area contributed by atoms with Crippen LogP contribution in [0.4, 0.5) is 0 Å². The fraction of sp³-hybridized carbons (Fsp3) is 0.200. The first kappa shape index (κ1) is 14.5. The average Bonchev–Trinajstić information content (AvgIpc) is 2.93. The average molecular weight is 317 g/mol. The molecule has 0 aliphatic rings. The van der Waals surface area contributed by atoms with Crippen molar-refractivity contribution in [3.63, 3.8) is 0 Å². The lowest BCUT2D eigenvalue weighted by Crippen LogP contribution is -2.19. The van der Waals surface area contributed by atoms with Crippen molar-refractivity contribution >= 4 is 15.4 Å². The molecule has 0 aliphatic carbocycles. The van der Waals surface area contributed by atoms with Gasteiger partial charge in [0, 0.05) is 25.0 Å². The molecule has 3 aromatic rings. The molecule has 0 N–H and O–H groups in total. The summed E-state index contributed by atoms with van der Waals surface area (Å²) in [6.45, 7) is 1.56. The normalized spacial score (nSPS) is 11.9. The minimum Gasteiger partial charge on any atom is -0.315 e. The molecule has 0 saturated heterocycles. The van der Waals surface area contributed by atoms with Crippen molar-refractivity contribution in [1.82, 2.24) is 14.0 Å². The minimum atomic E-state index is -3.54. The summed E-state index contributed by atoms with van der Waals surface area (Å²) in [7, 11) is -1.91. The second-order valence-electron chi connectivity index (χ2n) is 4.95. The topological polar surface area (TPSA) is 73.4 Å². The number of rotatable bonds is 3. The second-order valence-corrected chi connectivity index (χ2v) is 7.12. The number of fused-ring (bicyclic) bond motifs is 1. The molecule has 6 nitrogen and oxygen atoms in total. The highest BCUT2D eigenvalue weighted by Crippen LogP contribution is 2.24. The summed E-state index contributed by atoms with van der Waals surface area (Å²) in [6.07, 6.45) is 3.08. The van der Waals surface area contributed by atoms with Crippen LogP contribution in [0.25, 0.3) is 16.8 Å². The van der Waals surface area contributed by atoms with E-state index in [0.29, 0.717) is 11.3 Å². The van der Waals surface area contributed by atoms with Gasteiger partial charge in [0.15, 0.2) is 0 Å². The third-order valence-electron chi connectivity index (χ3n) is 3.55. The molecule has 7 heteroatoms. The maximum atomic E-state index is 12.5. The zero-order valence-electron chi connectivity index (χ0n) is 12.2. The summed E-state index contributed by atoms with van der Waals surface area (Å²) < 4.78 is 27.3. The van der Waals surface area contributed by atoms with E-state index in [9.17, 15) is 13.2 Å². The number of nitrogens with zero attached hydrogens (tertiary/aromatic N) is 3. The number of aryl methyl sites for hydroxylation is 1. The Morgan fingerprint density at radius 3 is 2.45 bits per heavy atom. The lowest BCUT2D eigenvalue weighted by Gasteiger charge is -2.02. The van der Waals surface area contributed by atoms with E-state index in [2.05, 4.69) is 4.98 Å². The van der Waals surface area contributed by atoms with Crippen molar-refractivity contribution in [2.45, 2.75) is 12.1 Å². The molecule has 0 radical (unpaired) electrons. The highest BCUT2D eigenvalue weighted by molar-refractivity contribution is 7.91. The Balaban J connectivity index is 2.48. The predicted molar refractivity (Wildman–Crippen MR) is 83.6 cm³/mol. The summed E-state index contributed by atoms with van der Waals surface area (Å²) in [5.74, 6) is -0.0739. The fourth-order valence-corrected chi connectivity index (χ4v) is 3.24. The summed E-state index contributed by atoms with van der Waals surface area (Å²) in [5, 5.41) is -0.0958. The van der Waals surface area contributed by atoms with Crippen molar-refractivity contribution in [1.29, 1.82) is 0 Å². The maximum absolute atomic E-state index is 12.5. The molecule has 0 amide bonds. The van der Waals surface area contributed by atoms with Crippen LogP contribution in [0.15, 0.2) is 52.7 Å². The molecule has 2 aromatic heterocycles. The second kappa shape index (κ2) is 5.10. The van der Waals surface area contributed by atoms with Gasteiger partial charge in [-0.3, -0.25) is 9.20 Å². The number of hydrogen-bond acceptors (Lipinski definition) is 4. The molecule has 0 saturated carbocycles. The van der Waals surface area contributed by atoms with Crippen LogP contribution in [-0.2, 0) is 16.9 Å². The van der Waals surface area contributed by atoms with Gasteiger partial charge in [0.1, 0.15) is 11.2 Å². The van der Waals surface area contributed by atoms with Gasteiger partial charge < -0.3 is 4.57 Å². The summed E-state index contributed by atoms with van der Waals surface area (Å²) >= 11 is 0.